The second-order valence-electron chi connectivity index (χ2n) is 4.15. The molecule has 0 bridgehead atoms. The number of benzene rings is 2. The summed E-state index contributed by atoms with van der Waals surface area (Å²) in [6.45, 7) is 1.63. The molecular weight excluding hydrogens is 250 g/mol. The third-order valence-electron chi connectivity index (χ3n) is 2.87. The summed E-state index contributed by atoms with van der Waals surface area (Å²) in [5.74, 6) is -1.60. The van der Waals surface area contributed by atoms with Gasteiger partial charge in [0.2, 0.25) is 0 Å². The fourth-order valence-corrected chi connectivity index (χ4v) is 1.75. The normalized spacial score (nSPS) is 10.3. The van der Waals surface area contributed by atoms with Gasteiger partial charge in [0, 0.05) is 5.56 Å². The summed E-state index contributed by atoms with van der Waals surface area (Å²) in [5.41, 5.74) is 1.29. The highest BCUT2D eigenvalue weighted by Crippen LogP contribution is 2.25. The molecule has 0 aliphatic rings. The smallest absolute Gasteiger partial charge is 0.337 e. The van der Waals surface area contributed by atoms with Crippen LogP contribution in [0, 0.1) is 18.6 Å². The number of ether oxygens (including phenoxy) is 1. The van der Waals surface area contributed by atoms with Gasteiger partial charge in [0.05, 0.1) is 12.7 Å². The van der Waals surface area contributed by atoms with E-state index in [0.29, 0.717) is 11.1 Å². The van der Waals surface area contributed by atoms with Crippen LogP contribution in [0.2, 0.25) is 0 Å². The minimum atomic E-state index is -0.611. The topological polar surface area (TPSA) is 26.3 Å². The first-order chi connectivity index (χ1) is 9.02. The number of methoxy groups -OCH3 is 1. The number of esters is 1. The maximum atomic E-state index is 13.9. The number of halogens is 2. The van der Waals surface area contributed by atoms with Crippen LogP contribution in [0.1, 0.15) is 15.9 Å². The van der Waals surface area contributed by atoms with E-state index >= 15 is 0 Å². The maximum absolute atomic E-state index is 13.9. The first kappa shape index (κ1) is 13.2. The first-order valence-corrected chi connectivity index (χ1v) is 5.67. The van der Waals surface area contributed by atoms with Crippen LogP contribution in [0.3, 0.4) is 0 Å². The van der Waals surface area contributed by atoms with E-state index in [-0.39, 0.29) is 11.1 Å². The van der Waals surface area contributed by atoms with Gasteiger partial charge in [-0.25, -0.2) is 13.6 Å². The van der Waals surface area contributed by atoms with E-state index in [9.17, 15) is 13.6 Å². The SMILES string of the molecule is COC(=O)c1ccc(-c2ccc(C)c(F)c2)c(F)c1. The molecule has 0 heterocycles. The lowest BCUT2D eigenvalue weighted by Gasteiger charge is -2.07. The van der Waals surface area contributed by atoms with Crippen molar-refractivity contribution in [1.29, 1.82) is 0 Å². The summed E-state index contributed by atoms with van der Waals surface area (Å²) in [5, 5.41) is 0. The molecule has 0 saturated heterocycles. The summed E-state index contributed by atoms with van der Waals surface area (Å²) in [6.07, 6.45) is 0. The van der Waals surface area contributed by atoms with Crippen molar-refractivity contribution >= 4 is 5.97 Å². The van der Waals surface area contributed by atoms with Crippen LogP contribution in [0.5, 0.6) is 0 Å². The zero-order chi connectivity index (χ0) is 14.0. The Labute approximate surface area is 109 Å². The lowest BCUT2D eigenvalue weighted by atomic mass is 10.0. The summed E-state index contributed by atoms with van der Waals surface area (Å²) in [4.78, 5) is 11.3. The van der Waals surface area contributed by atoms with Crippen molar-refractivity contribution in [2.75, 3.05) is 7.11 Å². The second kappa shape index (κ2) is 5.18. The van der Waals surface area contributed by atoms with E-state index in [1.165, 1.54) is 25.3 Å². The molecule has 0 spiro atoms. The average molecular weight is 262 g/mol. The van der Waals surface area contributed by atoms with Gasteiger partial charge in [0.25, 0.3) is 0 Å². The lowest BCUT2D eigenvalue weighted by Crippen LogP contribution is -2.02. The van der Waals surface area contributed by atoms with Gasteiger partial charge in [0.15, 0.2) is 0 Å². The van der Waals surface area contributed by atoms with Crippen LogP contribution in [0.15, 0.2) is 36.4 Å². The highest BCUT2D eigenvalue weighted by atomic mass is 19.1. The maximum Gasteiger partial charge on any atom is 0.337 e. The van der Waals surface area contributed by atoms with E-state index in [1.807, 2.05) is 0 Å². The highest BCUT2D eigenvalue weighted by molar-refractivity contribution is 5.90. The molecule has 98 valence electrons. The van der Waals surface area contributed by atoms with Crippen LogP contribution in [0.4, 0.5) is 8.78 Å². The van der Waals surface area contributed by atoms with E-state index < -0.39 is 17.6 Å². The Hall–Kier alpha value is -2.23. The van der Waals surface area contributed by atoms with Crippen molar-refractivity contribution in [1.82, 2.24) is 0 Å². The molecule has 2 aromatic carbocycles. The molecule has 19 heavy (non-hydrogen) atoms. The number of carbonyl (C=O) groups excluding carboxylic acids is 1. The predicted octanol–water partition coefficient (Wildman–Crippen LogP) is 3.73. The van der Waals surface area contributed by atoms with Gasteiger partial charge >= 0.3 is 5.97 Å². The molecular formula is C15H12F2O2. The molecule has 0 N–H and O–H groups in total. The van der Waals surface area contributed by atoms with Crippen LogP contribution in [0.25, 0.3) is 11.1 Å². The van der Waals surface area contributed by atoms with Gasteiger partial charge in [-0.3, -0.25) is 0 Å². The summed E-state index contributed by atoms with van der Waals surface area (Å²) in [7, 11) is 1.23. The largest absolute Gasteiger partial charge is 0.465 e. The quantitative estimate of drug-likeness (QED) is 0.771. The molecule has 0 atom stereocenters. The summed E-state index contributed by atoms with van der Waals surface area (Å²) >= 11 is 0. The number of hydrogen-bond donors (Lipinski definition) is 0. The van der Waals surface area contributed by atoms with E-state index in [1.54, 1.807) is 19.1 Å². The molecule has 0 radical (unpaired) electrons. The van der Waals surface area contributed by atoms with Gasteiger partial charge in [-0.1, -0.05) is 18.2 Å². The van der Waals surface area contributed by atoms with Crippen molar-refractivity contribution in [2.24, 2.45) is 0 Å². The van der Waals surface area contributed by atoms with Gasteiger partial charge in [-0.2, -0.15) is 0 Å². The molecule has 0 aliphatic heterocycles. The third-order valence-corrected chi connectivity index (χ3v) is 2.87. The average Bonchev–Trinajstić information content (AvgIpc) is 2.41. The molecule has 2 aromatic rings. The van der Waals surface area contributed by atoms with Crippen molar-refractivity contribution in [3.8, 4) is 11.1 Å². The minimum absolute atomic E-state index is 0.122. The first-order valence-electron chi connectivity index (χ1n) is 5.67. The third kappa shape index (κ3) is 2.62. The molecule has 4 heteroatoms. The van der Waals surface area contributed by atoms with Crippen molar-refractivity contribution in [2.45, 2.75) is 6.92 Å². The zero-order valence-electron chi connectivity index (χ0n) is 10.5. The zero-order valence-corrected chi connectivity index (χ0v) is 10.5. The Morgan fingerprint density at radius 3 is 2.37 bits per heavy atom. The number of carbonyl (C=O) groups is 1. The van der Waals surface area contributed by atoms with Gasteiger partial charge < -0.3 is 4.74 Å². The van der Waals surface area contributed by atoms with E-state index in [0.717, 1.165) is 6.07 Å². The Morgan fingerprint density at radius 1 is 1.05 bits per heavy atom. The van der Waals surface area contributed by atoms with Crippen LogP contribution in [-0.2, 0) is 4.74 Å². The molecule has 0 aliphatic carbocycles. The molecule has 0 fully saturated rings. The van der Waals surface area contributed by atoms with Crippen LogP contribution < -0.4 is 0 Å². The highest BCUT2D eigenvalue weighted by Gasteiger charge is 2.12. The Bertz CT molecular complexity index is 636. The minimum Gasteiger partial charge on any atom is -0.465 e. The van der Waals surface area contributed by atoms with Gasteiger partial charge in [-0.05, 0) is 36.2 Å². The van der Waals surface area contributed by atoms with E-state index in [4.69, 9.17) is 0 Å². The standard InChI is InChI=1S/C15H12F2O2/c1-9-3-4-10(7-13(9)16)12-6-5-11(8-14(12)17)15(18)19-2/h3-8H,1-2H3. The van der Waals surface area contributed by atoms with E-state index in [2.05, 4.69) is 4.74 Å². The molecule has 0 aromatic heterocycles. The second-order valence-corrected chi connectivity index (χ2v) is 4.15. The predicted molar refractivity (Wildman–Crippen MR) is 67.9 cm³/mol. The number of aryl methyl sites for hydroxylation is 1. The molecule has 0 amide bonds. The Balaban J connectivity index is 2.46. The summed E-state index contributed by atoms with van der Waals surface area (Å²) < 4.78 is 31.9. The molecule has 2 rings (SSSR count). The Kier molecular flexibility index (Phi) is 3.60. The summed E-state index contributed by atoms with van der Waals surface area (Å²) in [6, 6.07) is 8.45. The van der Waals surface area contributed by atoms with Crippen molar-refractivity contribution in [3.63, 3.8) is 0 Å². The van der Waals surface area contributed by atoms with Crippen LogP contribution >= 0.6 is 0 Å². The molecule has 0 saturated carbocycles. The lowest BCUT2D eigenvalue weighted by molar-refractivity contribution is 0.0600. The monoisotopic (exact) mass is 262 g/mol. The van der Waals surface area contributed by atoms with Crippen LogP contribution in [-0.4, -0.2) is 13.1 Å². The van der Waals surface area contributed by atoms with Crippen molar-refractivity contribution in [3.05, 3.63) is 59.2 Å². The van der Waals surface area contributed by atoms with Gasteiger partial charge in [-0.15, -0.1) is 0 Å². The van der Waals surface area contributed by atoms with Crippen molar-refractivity contribution < 1.29 is 18.3 Å². The number of rotatable bonds is 2. The Morgan fingerprint density at radius 2 is 1.79 bits per heavy atom. The fourth-order valence-electron chi connectivity index (χ4n) is 1.75. The fraction of sp³-hybridized carbons (Fsp3) is 0.133. The molecule has 0 unspecified atom stereocenters. The molecule has 2 nitrogen and oxygen atoms in total. The van der Waals surface area contributed by atoms with Gasteiger partial charge in [0.1, 0.15) is 11.6 Å². The number of hydrogen-bond acceptors (Lipinski definition) is 2.